The molecule has 0 saturated carbocycles. The number of nitrogens with zero attached hydrogens (tertiary/aromatic N) is 2. The van der Waals surface area contributed by atoms with Gasteiger partial charge in [0.05, 0.1) is 0 Å². The van der Waals surface area contributed by atoms with Crippen LogP contribution in [0.15, 0.2) is 24.3 Å². The molecular formula is C10H8ClN3S. The first-order valence-corrected chi connectivity index (χ1v) is 5.46. The van der Waals surface area contributed by atoms with Gasteiger partial charge in [0.1, 0.15) is 5.01 Å². The maximum Gasteiger partial charge on any atom is 0.203 e. The molecule has 0 aliphatic heterocycles. The summed E-state index contributed by atoms with van der Waals surface area (Å²) in [6.45, 7) is 0. The second kappa shape index (κ2) is 4.42. The number of benzene rings is 1. The van der Waals surface area contributed by atoms with E-state index in [4.69, 9.17) is 17.3 Å². The normalized spacial score (nSPS) is 11.0. The summed E-state index contributed by atoms with van der Waals surface area (Å²) in [5.74, 6) is 0. The molecule has 2 rings (SSSR count). The molecule has 0 spiro atoms. The van der Waals surface area contributed by atoms with Crippen LogP contribution in [0.25, 0.3) is 12.2 Å². The van der Waals surface area contributed by atoms with Crippen LogP contribution in [0.1, 0.15) is 10.6 Å². The monoisotopic (exact) mass is 237 g/mol. The van der Waals surface area contributed by atoms with Gasteiger partial charge in [-0.1, -0.05) is 41.1 Å². The molecule has 2 aromatic rings. The molecule has 0 atom stereocenters. The molecule has 1 heterocycles. The molecule has 0 radical (unpaired) electrons. The summed E-state index contributed by atoms with van der Waals surface area (Å²) in [4.78, 5) is 0. The molecule has 0 bridgehead atoms. The average Bonchev–Trinajstić information content (AvgIpc) is 2.64. The van der Waals surface area contributed by atoms with Gasteiger partial charge >= 0.3 is 0 Å². The van der Waals surface area contributed by atoms with Gasteiger partial charge in [-0.15, -0.1) is 10.2 Å². The van der Waals surface area contributed by atoms with Gasteiger partial charge in [-0.25, -0.2) is 0 Å². The maximum absolute atomic E-state index is 5.77. The number of hydrogen-bond acceptors (Lipinski definition) is 4. The minimum atomic E-state index is 0.478. The van der Waals surface area contributed by atoms with Crippen LogP contribution in [-0.2, 0) is 0 Å². The van der Waals surface area contributed by atoms with E-state index in [-0.39, 0.29) is 0 Å². The highest BCUT2D eigenvalue weighted by Crippen LogP contribution is 2.15. The van der Waals surface area contributed by atoms with Crippen LogP contribution in [0.5, 0.6) is 0 Å². The zero-order valence-electron chi connectivity index (χ0n) is 7.72. The summed E-state index contributed by atoms with van der Waals surface area (Å²) in [6, 6.07) is 7.55. The summed E-state index contributed by atoms with van der Waals surface area (Å²) < 4.78 is 0. The second-order valence-electron chi connectivity index (χ2n) is 2.86. The Hall–Kier alpha value is -1.39. The number of anilines is 1. The zero-order valence-corrected chi connectivity index (χ0v) is 9.29. The minimum Gasteiger partial charge on any atom is -0.374 e. The van der Waals surface area contributed by atoms with E-state index in [0.29, 0.717) is 5.13 Å². The fourth-order valence-electron chi connectivity index (χ4n) is 1.06. The third-order valence-corrected chi connectivity index (χ3v) is 2.71. The number of nitrogens with two attached hydrogens (primary N) is 1. The molecule has 15 heavy (non-hydrogen) atoms. The number of aromatic nitrogens is 2. The van der Waals surface area contributed by atoms with Gasteiger partial charge in [0.25, 0.3) is 0 Å². The van der Waals surface area contributed by atoms with E-state index < -0.39 is 0 Å². The van der Waals surface area contributed by atoms with Crippen molar-refractivity contribution in [2.24, 2.45) is 0 Å². The largest absolute Gasteiger partial charge is 0.374 e. The van der Waals surface area contributed by atoms with Crippen molar-refractivity contribution < 1.29 is 0 Å². The van der Waals surface area contributed by atoms with Gasteiger partial charge in [0.15, 0.2) is 0 Å². The average molecular weight is 238 g/mol. The first-order valence-electron chi connectivity index (χ1n) is 4.27. The molecule has 0 unspecified atom stereocenters. The fourth-order valence-corrected chi connectivity index (χ4v) is 1.69. The van der Waals surface area contributed by atoms with Crippen molar-refractivity contribution in [2.45, 2.75) is 0 Å². The number of halogens is 1. The second-order valence-corrected chi connectivity index (χ2v) is 4.34. The maximum atomic E-state index is 5.77. The van der Waals surface area contributed by atoms with Gasteiger partial charge < -0.3 is 5.73 Å². The third kappa shape index (κ3) is 2.78. The lowest BCUT2D eigenvalue weighted by atomic mass is 10.2. The summed E-state index contributed by atoms with van der Waals surface area (Å²) in [5, 5.41) is 9.60. The molecule has 1 aromatic carbocycles. The van der Waals surface area contributed by atoms with Crippen LogP contribution in [0.2, 0.25) is 5.02 Å². The highest BCUT2D eigenvalue weighted by atomic mass is 35.5. The molecular weight excluding hydrogens is 230 g/mol. The van der Waals surface area contributed by atoms with E-state index >= 15 is 0 Å². The lowest BCUT2D eigenvalue weighted by Gasteiger charge is -1.91. The van der Waals surface area contributed by atoms with E-state index in [2.05, 4.69) is 10.2 Å². The number of hydrogen-bond donors (Lipinski definition) is 1. The Morgan fingerprint density at radius 3 is 2.47 bits per heavy atom. The van der Waals surface area contributed by atoms with Crippen LogP contribution >= 0.6 is 22.9 Å². The third-order valence-electron chi connectivity index (χ3n) is 1.74. The van der Waals surface area contributed by atoms with Gasteiger partial charge in [0, 0.05) is 5.02 Å². The SMILES string of the molecule is Nc1nnc(C=Cc2ccc(Cl)cc2)s1. The van der Waals surface area contributed by atoms with Gasteiger partial charge in [0.2, 0.25) is 5.13 Å². The molecule has 0 fully saturated rings. The molecule has 76 valence electrons. The van der Waals surface area contributed by atoms with E-state index in [1.165, 1.54) is 11.3 Å². The van der Waals surface area contributed by atoms with Gasteiger partial charge in [-0.2, -0.15) is 0 Å². The Morgan fingerprint density at radius 2 is 1.87 bits per heavy atom. The fraction of sp³-hybridized carbons (Fsp3) is 0. The standard InChI is InChI=1S/C10H8ClN3S/c11-8-4-1-7(2-5-8)3-6-9-13-14-10(12)15-9/h1-6H,(H2,12,14). The number of rotatable bonds is 2. The molecule has 0 aliphatic rings. The van der Waals surface area contributed by atoms with Crippen LogP contribution in [0.3, 0.4) is 0 Å². The van der Waals surface area contributed by atoms with Crippen LogP contribution in [0, 0.1) is 0 Å². The predicted molar refractivity (Wildman–Crippen MR) is 64.7 cm³/mol. The summed E-state index contributed by atoms with van der Waals surface area (Å²) in [7, 11) is 0. The Bertz CT molecular complexity index is 476. The molecule has 5 heteroatoms. The molecule has 0 amide bonds. The van der Waals surface area contributed by atoms with Crippen molar-refractivity contribution in [3.63, 3.8) is 0 Å². The van der Waals surface area contributed by atoms with E-state index in [1.807, 2.05) is 36.4 Å². The highest BCUT2D eigenvalue weighted by Gasteiger charge is 1.95. The van der Waals surface area contributed by atoms with Crippen LogP contribution in [-0.4, -0.2) is 10.2 Å². The molecule has 0 aliphatic carbocycles. The van der Waals surface area contributed by atoms with Crippen molar-refractivity contribution in [3.05, 3.63) is 39.9 Å². The topological polar surface area (TPSA) is 51.8 Å². The van der Waals surface area contributed by atoms with Gasteiger partial charge in [-0.05, 0) is 23.8 Å². The molecule has 3 nitrogen and oxygen atoms in total. The first-order chi connectivity index (χ1) is 7.24. The lowest BCUT2D eigenvalue weighted by molar-refractivity contribution is 1.09. The summed E-state index contributed by atoms with van der Waals surface area (Å²) >= 11 is 7.12. The Kier molecular flexibility index (Phi) is 2.99. The zero-order chi connectivity index (χ0) is 10.7. The van der Waals surface area contributed by atoms with Crippen LogP contribution < -0.4 is 5.73 Å². The van der Waals surface area contributed by atoms with E-state index in [9.17, 15) is 0 Å². The van der Waals surface area contributed by atoms with Crippen molar-refractivity contribution >= 4 is 40.2 Å². The van der Waals surface area contributed by atoms with Gasteiger partial charge in [-0.3, -0.25) is 0 Å². The first kappa shape index (κ1) is 10.1. The van der Waals surface area contributed by atoms with E-state index in [0.717, 1.165) is 15.6 Å². The molecule has 0 saturated heterocycles. The Labute approximate surface area is 96.2 Å². The van der Waals surface area contributed by atoms with Crippen molar-refractivity contribution in [2.75, 3.05) is 5.73 Å². The quantitative estimate of drug-likeness (QED) is 0.874. The summed E-state index contributed by atoms with van der Waals surface area (Å²) in [6.07, 6.45) is 3.81. The predicted octanol–water partition coefficient (Wildman–Crippen LogP) is 2.94. The minimum absolute atomic E-state index is 0.478. The highest BCUT2D eigenvalue weighted by molar-refractivity contribution is 7.15. The van der Waals surface area contributed by atoms with E-state index in [1.54, 1.807) is 0 Å². The molecule has 2 N–H and O–H groups in total. The smallest absolute Gasteiger partial charge is 0.203 e. The van der Waals surface area contributed by atoms with Crippen molar-refractivity contribution in [1.29, 1.82) is 0 Å². The molecule has 1 aromatic heterocycles. The summed E-state index contributed by atoms with van der Waals surface area (Å²) in [5.41, 5.74) is 6.52. The van der Waals surface area contributed by atoms with Crippen molar-refractivity contribution in [3.8, 4) is 0 Å². The number of nitrogen functional groups attached to an aromatic ring is 1. The van der Waals surface area contributed by atoms with Crippen molar-refractivity contribution in [1.82, 2.24) is 10.2 Å². The Morgan fingerprint density at radius 1 is 1.13 bits per heavy atom. The lowest BCUT2D eigenvalue weighted by Crippen LogP contribution is -1.79. The Balaban J connectivity index is 2.14. The van der Waals surface area contributed by atoms with Crippen LogP contribution in [0.4, 0.5) is 5.13 Å².